The Kier molecular flexibility index (Phi) is 5.62. The molecular formula is C14H19BrFNO3S. The van der Waals surface area contributed by atoms with Crippen LogP contribution in [0.3, 0.4) is 0 Å². The van der Waals surface area contributed by atoms with Crippen LogP contribution in [0, 0.1) is 11.7 Å². The summed E-state index contributed by atoms with van der Waals surface area (Å²) in [5.41, 5.74) is 0.811. The number of halogens is 2. The molecule has 1 aromatic carbocycles. The Bertz CT molecular complexity index is 594. The average Bonchev–Trinajstić information content (AvgIpc) is 2.44. The highest BCUT2D eigenvalue weighted by atomic mass is 79.9. The summed E-state index contributed by atoms with van der Waals surface area (Å²) in [6.07, 6.45) is 2.98. The average molecular weight is 380 g/mol. The van der Waals surface area contributed by atoms with Gasteiger partial charge in [-0.25, -0.2) is 17.1 Å². The number of alkyl halides is 1. The molecule has 2 rings (SSSR count). The molecule has 1 unspecified atom stereocenters. The third-order valence-corrected chi connectivity index (χ3v) is 5.44. The van der Waals surface area contributed by atoms with Gasteiger partial charge in [-0.15, -0.1) is 0 Å². The number of ether oxygens (including phenoxy) is 1. The molecule has 1 aliphatic heterocycles. The highest BCUT2D eigenvalue weighted by molar-refractivity contribution is 9.08. The zero-order valence-corrected chi connectivity index (χ0v) is 14.3. The van der Waals surface area contributed by atoms with Crippen molar-refractivity contribution in [3.05, 3.63) is 29.6 Å². The molecule has 0 N–H and O–H groups in total. The summed E-state index contributed by atoms with van der Waals surface area (Å²) < 4.78 is 43.7. The smallest absolute Gasteiger partial charge is 0.211 e. The Labute approximate surface area is 133 Å². The van der Waals surface area contributed by atoms with Crippen molar-refractivity contribution in [2.45, 2.75) is 18.2 Å². The zero-order chi connectivity index (χ0) is 15.5. The molecule has 0 spiro atoms. The molecule has 1 aromatic rings. The Morgan fingerprint density at radius 2 is 2.19 bits per heavy atom. The first-order chi connectivity index (χ1) is 9.88. The highest BCUT2D eigenvalue weighted by Crippen LogP contribution is 2.22. The molecule has 1 fully saturated rings. The van der Waals surface area contributed by atoms with Crippen molar-refractivity contribution in [3.8, 4) is 5.75 Å². The van der Waals surface area contributed by atoms with Crippen molar-refractivity contribution < 1.29 is 17.5 Å². The van der Waals surface area contributed by atoms with Gasteiger partial charge in [0.1, 0.15) is 11.6 Å². The minimum Gasteiger partial charge on any atom is -0.493 e. The minimum absolute atomic E-state index is 0.143. The Hall–Kier alpha value is -0.660. The number of rotatable bonds is 5. The lowest BCUT2D eigenvalue weighted by Gasteiger charge is -2.30. The molecule has 7 heteroatoms. The van der Waals surface area contributed by atoms with Gasteiger partial charge in [0.05, 0.1) is 12.9 Å². The van der Waals surface area contributed by atoms with E-state index >= 15 is 0 Å². The molecule has 1 saturated heterocycles. The van der Waals surface area contributed by atoms with Crippen LogP contribution >= 0.6 is 15.9 Å². The highest BCUT2D eigenvalue weighted by Gasteiger charge is 2.26. The van der Waals surface area contributed by atoms with Crippen LogP contribution in [-0.2, 0) is 15.4 Å². The van der Waals surface area contributed by atoms with Gasteiger partial charge in [0, 0.05) is 30.4 Å². The molecule has 0 saturated carbocycles. The molecule has 118 valence electrons. The van der Waals surface area contributed by atoms with Crippen molar-refractivity contribution in [2.75, 3.05) is 26.0 Å². The van der Waals surface area contributed by atoms with Gasteiger partial charge in [0.2, 0.25) is 10.0 Å². The Morgan fingerprint density at radius 3 is 2.86 bits per heavy atom. The molecule has 1 heterocycles. The van der Waals surface area contributed by atoms with E-state index in [1.807, 2.05) is 0 Å². The summed E-state index contributed by atoms with van der Waals surface area (Å²) in [4.78, 5) is 0. The minimum atomic E-state index is -3.15. The molecule has 21 heavy (non-hydrogen) atoms. The van der Waals surface area contributed by atoms with Crippen LogP contribution in [0.25, 0.3) is 0 Å². The van der Waals surface area contributed by atoms with E-state index in [4.69, 9.17) is 4.74 Å². The van der Waals surface area contributed by atoms with Gasteiger partial charge in [-0.1, -0.05) is 15.9 Å². The topological polar surface area (TPSA) is 46.6 Å². The SMILES string of the molecule is CS(=O)(=O)N1CCCC(COc2cc(F)cc(CBr)c2)C1. The van der Waals surface area contributed by atoms with E-state index in [0.29, 0.717) is 30.8 Å². The fraction of sp³-hybridized carbons (Fsp3) is 0.571. The standard InChI is InChI=1S/C14H19BrFNO3S/c1-21(18,19)17-4-2-3-11(9-17)10-20-14-6-12(8-15)5-13(16)7-14/h5-7,11H,2-4,8-10H2,1H3. The van der Waals surface area contributed by atoms with Gasteiger partial charge in [0.25, 0.3) is 0 Å². The maximum atomic E-state index is 13.4. The number of benzene rings is 1. The lowest BCUT2D eigenvalue weighted by Crippen LogP contribution is -2.40. The quantitative estimate of drug-likeness (QED) is 0.738. The van der Waals surface area contributed by atoms with Crippen LogP contribution in [0.4, 0.5) is 4.39 Å². The number of hydrogen-bond donors (Lipinski definition) is 0. The summed E-state index contributed by atoms with van der Waals surface area (Å²) in [6, 6.07) is 4.59. The molecule has 1 atom stereocenters. The maximum absolute atomic E-state index is 13.4. The first-order valence-corrected chi connectivity index (χ1v) is 9.79. The molecule has 0 bridgehead atoms. The monoisotopic (exact) mass is 379 g/mol. The van der Waals surface area contributed by atoms with E-state index in [-0.39, 0.29) is 11.7 Å². The van der Waals surface area contributed by atoms with Crippen molar-refractivity contribution in [3.63, 3.8) is 0 Å². The van der Waals surface area contributed by atoms with Crippen molar-refractivity contribution >= 4 is 26.0 Å². The first-order valence-electron chi connectivity index (χ1n) is 6.82. The number of nitrogens with zero attached hydrogens (tertiary/aromatic N) is 1. The third kappa shape index (κ3) is 4.93. The normalized spacial score (nSPS) is 20.4. The van der Waals surface area contributed by atoms with Crippen LogP contribution in [0.5, 0.6) is 5.75 Å². The summed E-state index contributed by atoms with van der Waals surface area (Å²) in [7, 11) is -3.15. The van der Waals surface area contributed by atoms with E-state index in [1.54, 1.807) is 6.07 Å². The predicted octanol–water partition coefficient (Wildman–Crippen LogP) is 2.77. The third-order valence-electron chi connectivity index (χ3n) is 3.52. The Balaban J connectivity index is 1.95. The molecule has 1 aliphatic rings. The van der Waals surface area contributed by atoms with Gasteiger partial charge >= 0.3 is 0 Å². The Morgan fingerprint density at radius 1 is 1.43 bits per heavy atom. The van der Waals surface area contributed by atoms with Crippen LogP contribution in [-0.4, -0.2) is 38.7 Å². The molecule has 0 amide bonds. The molecular weight excluding hydrogens is 361 g/mol. The predicted molar refractivity (Wildman–Crippen MR) is 83.7 cm³/mol. The fourth-order valence-corrected chi connectivity index (χ4v) is 3.73. The van der Waals surface area contributed by atoms with Crippen LogP contribution in [0.2, 0.25) is 0 Å². The largest absolute Gasteiger partial charge is 0.493 e. The van der Waals surface area contributed by atoms with Crippen LogP contribution in [0.15, 0.2) is 18.2 Å². The van der Waals surface area contributed by atoms with Crippen molar-refractivity contribution in [2.24, 2.45) is 5.92 Å². The number of hydrogen-bond acceptors (Lipinski definition) is 3. The number of sulfonamides is 1. The van der Waals surface area contributed by atoms with Gasteiger partial charge < -0.3 is 4.74 Å². The van der Waals surface area contributed by atoms with E-state index in [9.17, 15) is 12.8 Å². The molecule has 0 aromatic heterocycles. The van der Waals surface area contributed by atoms with E-state index in [0.717, 1.165) is 18.4 Å². The molecule has 0 radical (unpaired) electrons. The first kappa shape index (κ1) is 16.7. The fourth-order valence-electron chi connectivity index (χ4n) is 2.46. The second-order valence-electron chi connectivity index (χ2n) is 5.37. The lowest BCUT2D eigenvalue weighted by molar-refractivity contribution is 0.180. The lowest BCUT2D eigenvalue weighted by atomic mass is 10.0. The zero-order valence-electron chi connectivity index (χ0n) is 11.9. The van der Waals surface area contributed by atoms with Crippen molar-refractivity contribution in [1.29, 1.82) is 0 Å². The van der Waals surface area contributed by atoms with Crippen LogP contribution < -0.4 is 4.74 Å². The van der Waals surface area contributed by atoms with Gasteiger partial charge in [-0.3, -0.25) is 0 Å². The van der Waals surface area contributed by atoms with E-state index in [1.165, 1.54) is 22.7 Å². The van der Waals surface area contributed by atoms with E-state index in [2.05, 4.69) is 15.9 Å². The van der Waals surface area contributed by atoms with E-state index < -0.39 is 10.0 Å². The summed E-state index contributed by atoms with van der Waals surface area (Å²) in [5.74, 6) is 0.299. The second kappa shape index (κ2) is 7.07. The summed E-state index contributed by atoms with van der Waals surface area (Å²) >= 11 is 3.29. The molecule has 0 aliphatic carbocycles. The van der Waals surface area contributed by atoms with Gasteiger partial charge in [0.15, 0.2) is 0 Å². The number of piperidine rings is 1. The maximum Gasteiger partial charge on any atom is 0.211 e. The van der Waals surface area contributed by atoms with Crippen molar-refractivity contribution in [1.82, 2.24) is 4.31 Å². The second-order valence-corrected chi connectivity index (χ2v) is 7.91. The van der Waals surface area contributed by atoms with Crippen LogP contribution in [0.1, 0.15) is 18.4 Å². The van der Waals surface area contributed by atoms with Gasteiger partial charge in [-0.2, -0.15) is 0 Å². The molecule has 4 nitrogen and oxygen atoms in total. The summed E-state index contributed by atoms with van der Waals surface area (Å²) in [5, 5.41) is 0.562. The van der Waals surface area contributed by atoms with Gasteiger partial charge in [-0.05, 0) is 30.5 Å². The summed E-state index contributed by atoms with van der Waals surface area (Å²) in [6.45, 7) is 1.44.